The van der Waals surface area contributed by atoms with E-state index in [1.54, 1.807) is 18.3 Å². The van der Waals surface area contributed by atoms with Crippen LogP contribution in [-0.4, -0.2) is 10.7 Å². The van der Waals surface area contributed by atoms with Gasteiger partial charge in [-0.1, -0.05) is 12.1 Å². The van der Waals surface area contributed by atoms with Crippen molar-refractivity contribution in [2.24, 2.45) is 17.8 Å². The number of fused-ring (bicyclic) bond motifs is 1. The highest BCUT2D eigenvalue weighted by Gasteiger charge is 2.57. The van der Waals surface area contributed by atoms with Crippen LogP contribution in [0.25, 0.3) is 0 Å². The molecule has 0 spiro atoms. The molecule has 0 aliphatic heterocycles. The lowest BCUT2D eigenvalue weighted by atomic mass is 9.53. The van der Waals surface area contributed by atoms with Crippen molar-refractivity contribution in [3.8, 4) is 18.2 Å². The van der Waals surface area contributed by atoms with Gasteiger partial charge in [0.1, 0.15) is 11.3 Å². The van der Waals surface area contributed by atoms with Crippen LogP contribution in [0.15, 0.2) is 36.2 Å². The lowest BCUT2D eigenvalue weighted by Gasteiger charge is -2.45. The topological polar surface area (TPSA) is 108 Å². The molecule has 0 unspecified atom stereocenters. The highest BCUT2D eigenvalue weighted by Crippen LogP contribution is 2.51. The number of aromatic nitrogens is 1. The number of nitriles is 3. The highest BCUT2D eigenvalue weighted by molar-refractivity contribution is 6.02. The van der Waals surface area contributed by atoms with Gasteiger partial charge in [-0.2, -0.15) is 15.8 Å². The van der Waals surface area contributed by atoms with Crippen LogP contribution in [-0.2, 0) is 5.41 Å². The summed E-state index contributed by atoms with van der Waals surface area (Å²) in [4.78, 5) is 4.06. The molecule has 0 radical (unpaired) electrons. The molecule has 0 aromatic carbocycles. The Morgan fingerprint density at radius 1 is 1.26 bits per heavy atom. The minimum Gasteiger partial charge on any atom is -0.306 e. The van der Waals surface area contributed by atoms with E-state index < -0.39 is 17.3 Å². The Morgan fingerprint density at radius 2 is 2.09 bits per heavy atom. The summed E-state index contributed by atoms with van der Waals surface area (Å²) in [5.41, 5.74) is -0.0108. The van der Waals surface area contributed by atoms with Gasteiger partial charge in [-0.25, -0.2) is 0 Å². The molecule has 0 saturated heterocycles. The Labute approximate surface area is 135 Å². The van der Waals surface area contributed by atoms with Gasteiger partial charge in [-0.3, -0.25) is 4.98 Å². The predicted molar refractivity (Wildman–Crippen MR) is 82.9 cm³/mol. The summed E-state index contributed by atoms with van der Waals surface area (Å²) in [6.07, 6.45) is 7.70. The summed E-state index contributed by atoms with van der Waals surface area (Å²) < 4.78 is 0. The molecule has 0 amide bonds. The zero-order valence-electron chi connectivity index (χ0n) is 12.5. The smallest absolute Gasteiger partial charge is 0.139 e. The summed E-state index contributed by atoms with van der Waals surface area (Å²) in [5.74, 6) is -1.54. The number of hydrogen-bond donors (Lipinski definition) is 1. The van der Waals surface area contributed by atoms with Gasteiger partial charge in [-0.05, 0) is 42.4 Å². The Kier molecular flexibility index (Phi) is 3.68. The predicted octanol–water partition coefficient (Wildman–Crippen LogP) is 2.88. The SMILES string of the molecule is N#C[C@H]1C(=N)[C@](C#N)(c2cccnc2)[C@H](C#N)[C@H]2CCCC=C12. The molecular weight excluding hydrogens is 286 g/mol. The average Bonchev–Trinajstić information content (AvgIpc) is 2.61. The van der Waals surface area contributed by atoms with E-state index in [1.807, 2.05) is 6.08 Å². The van der Waals surface area contributed by atoms with Crippen molar-refractivity contribution in [1.82, 2.24) is 4.98 Å². The Balaban J connectivity index is 2.27. The van der Waals surface area contributed by atoms with E-state index in [2.05, 4.69) is 23.2 Å². The summed E-state index contributed by atoms with van der Waals surface area (Å²) in [5, 5.41) is 38.0. The number of nitrogens with zero attached hydrogens (tertiary/aromatic N) is 4. The molecule has 2 aliphatic rings. The number of nitrogens with one attached hydrogen (secondary N) is 1. The van der Waals surface area contributed by atoms with Crippen LogP contribution >= 0.6 is 0 Å². The van der Waals surface area contributed by atoms with Crippen molar-refractivity contribution in [1.29, 1.82) is 21.2 Å². The Hall–Kier alpha value is -2.97. The second-order valence-corrected chi connectivity index (χ2v) is 5.99. The van der Waals surface area contributed by atoms with Gasteiger partial charge in [0, 0.05) is 12.4 Å². The normalized spacial score (nSPS) is 32.7. The first-order valence-corrected chi connectivity index (χ1v) is 7.60. The van der Waals surface area contributed by atoms with Crippen LogP contribution in [0.4, 0.5) is 0 Å². The fourth-order valence-corrected chi connectivity index (χ4v) is 3.93. The average molecular weight is 301 g/mol. The molecule has 3 rings (SSSR count). The number of rotatable bonds is 1. The molecule has 1 aromatic rings. The first-order chi connectivity index (χ1) is 11.2. The van der Waals surface area contributed by atoms with Crippen molar-refractivity contribution >= 4 is 5.71 Å². The highest BCUT2D eigenvalue weighted by atomic mass is 14.7. The molecule has 0 bridgehead atoms. The minimum absolute atomic E-state index is 0.00597. The maximum Gasteiger partial charge on any atom is 0.139 e. The first kappa shape index (κ1) is 14.9. The van der Waals surface area contributed by atoms with E-state index in [1.165, 1.54) is 6.20 Å². The van der Waals surface area contributed by atoms with Crippen molar-refractivity contribution in [3.63, 3.8) is 0 Å². The number of allylic oxidation sites excluding steroid dienone is 2. The molecule has 1 heterocycles. The molecule has 1 saturated carbocycles. The van der Waals surface area contributed by atoms with Crippen molar-refractivity contribution in [3.05, 3.63) is 41.7 Å². The minimum atomic E-state index is -1.40. The molecule has 2 aliphatic carbocycles. The van der Waals surface area contributed by atoms with Gasteiger partial charge in [0.05, 0.1) is 29.8 Å². The monoisotopic (exact) mass is 301 g/mol. The van der Waals surface area contributed by atoms with E-state index in [0.29, 0.717) is 5.56 Å². The third-order valence-electron chi connectivity index (χ3n) is 5.00. The Morgan fingerprint density at radius 3 is 2.70 bits per heavy atom. The molecule has 23 heavy (non-hydrogen) atoms. The molecule has 1 aromatic heterocycles. The summed E-state index contributed by atoms with van der Waals surface area (Å²) >= 11 is 0. The third kappa shape index (κ3) is 1.96. The van der Waals surface area contributed by atoms with Crippen molar-refractivity contribution < 1.29 is 0 Å². The molecule has 112 valence electrons. The van der Waals surface area contributed by atoms with Crippen LogP contribution < -0.4 is 0 Å². The van der Waals surface area contributed by atoms with Gasteiger partial charge in [0.15, 0.2) is 0 Å². The Bertz CT molecular complexity index is 789. The standard InChI is InChI=1S/C18H15N5/c19-8-15-13-5-1-2-6-14(13)16(9-20)18(11-21,17(15)22)12-4-3-7-23-10-12/h3-5,7,10,14-16,22H,1-2,6H2/t14-,15+,16+,18+/m0/s1. The van der Waals surface area contributed by atoms with Crippen molar-refractivity contribution in [2.75, 3.05) is 0 Å². The molecular formula is C18H15N5. The number of pyridine rings is 1. The van der Waals surface area contributed by atoms with Crippen LogP contribution in [0, 0.1) is 57.2 Å². The third-order valence-corrected chi connectivity index (χ3v) is 5.00. The maximum absolute atomic E-state index is 9.97. The quantitative estimate of drug-likeness (QED) is 0.804. The zero-order valence-corrected chi connectivity index (χ0v) is 12.5. The van der Waals surface area contributed by atoms with E-state index >= 15 is 0 Å². The molecule has 5 heteroatoms. The second kappa shape index (κ2) is 5.67. The zero-order chi connectivity index (χ0) is 16.4. The lowest BCUT2D eigenvalue weighted by Crippen LogP contribution is -2.53. The fourth-order valence-electron chi connectivity index (χ4n) is 3.93. The summed E-state index contributed by atoms with van der Waals surface area (Å²) in [6, 6.07) is 10.1. The fraction of sp³-hybridized carbons (Fsp3) is 0.389. The molecule has 1 fully saturated rings. The van der Waals surface area contributed by atoms with E-state index in [9.17, 15) is 15.8 Å². The molecule has 5 nitrogen and oxygen atoms in total. The second-order valence-electron chi connectivity index (χ2n) is 5.99. The van der Waals surface area contributed by atoms with Gasteiger partial charge >= 0.3 is 0 Å². The summed E-state index contributed by atoms with van der Waals surface area (Å²) in [7, 11) is 0. The van der Waals surface area contributed by atoms with Crippen molar-refractivity contribution in [2.45, 2.75) is 24.7 Å². The maximum atomic E-state index is 9.97. The largest absolute Gasteiger partial charge is 0.306 e. The molecule has 1 N–H and O–H groups in total. The lowest BCUT2D eigenvalue weighted by molar-refractivity contribution is 0.313. The van der Waals surface area contributed by atoms with E-state index in [-0.39, 0.29) is 11.6 Å². The first-order valence-electron chi connectivity index (χ1n) is 7.60. The van der Waals surface area contributed by atoms with E-state index in [4.69, 9.17) is 5.41 Å². The number of hydrogen-bond acceptors (Lipinski definition) is 5. The van der Waals surface area contributed by atoms with Crippen LogP contribution in [0.5, 0.6) is 0 Å². The van der Waals surface area contributed by atoms with Gasteiger partial charge < -0.3 is 5.41 Å². The van der Waals surface area contributed by atoms with Crippen LogP contribution in [0.1, 0.15) is 24.8 Å². The van der Waals surface area contributed by atoms with Gasteiger partial charge in [-0.15, -0.1) is 0 Å². The summed E-state index contributed by atoms with van der Waals surface area (Å²) in [6.45, 7) is 0. The van der Waals surface area contributed by atoms with Crippen LogP contribution in [0.3, 0.4) is 0 Å². The molecule has 4 atom stereocenters. The van der Waals surface area contributed by atoms with Crippen LogP contribution in [0.2, 0.25) is 0 Å². The van der Waals surface area contributed by atoms with Gasteiger partial charge in [0.2, 0.25) is 0 Å². The van der Waals surface area contributed by atoms with Gasteiger partial charge in [0.25, 0.3) is 0 Å². The van der Waals surface area contributed by atoms with E-state index in [0.717, 1.165) is 24.8 Å².